The molecule has 0 bridgehead atoms. The van der Waals surface area contributed by atoms with Gasteiger partial charge in [-0.05, 0) is 29.3 Å². The van der Waals surface area contributed by atoms with Gasteiger partial charge in [0.05, 0.1) is 13.7 Å². The second-order valence-electron chi connectivity index (χ2n) is 5.85. The Morgan fingerprint density at radius 3 is 2.68 bits per heavy atom. The standard InChI is InChI=1S/C18H18N2O2/c1-22-15-8-6-14(7-9-15)18-11-10-17(21)20(18)12-13-4-2-3-5-16(13)19-18/h2-9,19H,10-12H2,1H3. The molecule has 2 heterocycles. The number of ether oxygens (including phenoxy) is 1. The number of nitrogens with zero attached hydrogens (tertiary/aromatic N) is 1. The van der Waals surface area contributed by atoms with Gasteiger partial charge in [0.2, 0.25) is 5.91 Å². The zero-order chi connectivity index (χ0) is 15.2. The summed E-state index contributed by atoms with van der Waals surface area (Å²) < 4.78 is 5.24. The summed E-state index contributed by atoms with van der Waals surface area (Å²) in [7, 11) is 1.66. The Labute approximate surface area is 129 Å². The Hall–Kier alpha value is -2.49. The van der Waals surface area contributed by atoms with Crippen molar-refractivity contribution >= 4 is 11.6 Å². The molecule has 0 saturated carbocycles. The molecule has 2 aromatic carbocycles. The summed E-state index contributed by atoms with van der Waals surface area (Å²) in [6, 6.07) is 16.2. The van der Waals surface area contributed by atoms with Crippen LogP contribution in [0.1, 0.15) is 24.0 Å². The molecular formula is C18H18N2O2. The number of hydrogen-bond donors (Lipinski definition) is 1. The summed E-state index contributed by atoms with van der Waals surface area (Å²) in [4.78, 5) is 14.4. The number of anilines is 1. The molecular weight excluding hydrogens is 276 g/mol. The van der Waals surface area contributed by atoms with Crippen LogP contribution in [0, 0.1) is 0 Å². The van der Waals surface area contributed by atoms with Crippen molar-refractivity contribution in [2.45, 2.75) is 25.0 Å². The first kappa shape index (κ1) is 13.2. The normalized spacial score (nSPS) is 22.8. The molecule has 1 fully saturated rings. The van der Waals surface area contributed by atoms with E-state index in [1.165, 1.54) is 5.56 Å². The number of fused-ring (bicyclic) bond motifs is 2. The van der Waals surface area contributed by atoms with E-state index >= 15 is 0 Å². The van der Waals surface area contributed by atoms with E-state index in [2.05, 4.69) is 17.4 Å². The van der Waals surface area contributed by atoms with E-state index in [4.69, 9.17) is 4.74 Å². The average molecular weight is 294 g/mol. The van der Waals surface area contributed by atoms with Crippen LogP contribution in [0.5, 0.6) is 5.75 Å². The summed E-state index contributed by atoms with van der Waals surface area (Å²) in [5, 5.41) is 3.62. The maximum absolute atomic E-state index is 12.4. The topological polar surface area (TPSA) is 41.6 Å². The third kappa shape index (κ3) is 1.80. The van der Waals surface area contributed by atoms with Crippen molar-refractivity contribution in [1.29, 1.82) is 0 Å². The summed E-state index contributed by atoms with van der Waals surface area (Å²) in [5.74, 6) is 1.03. The number of methoxy groups -OCH3 is 1. The second-order valence-corrected chi connectivity index (χ2v) is 5.85. The van der Waals surface area contributed by atoms with E-state index in [-0.39, 0.29) is 5.91 Å². The third-order valence-electron chi connectivity index (χ3n) is 4.72. The highest BCUT2D eigenvalue weighted by atomic mass is 16.5. The third-order valence-corrected chi connectivity index (χ3v) is 4.72. The smallest absolute Gasteiger partial charge is 0.225 e. The Balaban J connectivity index is 1.81. The van der Waals surface area contributed by atoms with Gasteiger partial charge in [0.25, 0.3) is 0 Å². The minimum absolute atomic E-state index is 0.206. The van der Waals surface area contributed by atoms with Gasteiger partial charge in [-0.3, -0.25) is 4.79 Å². The van der Waals surface area contributed by atoms with Crippen molar-refractivity contribution in [1.82, 2.24) is 4.90 Å². The maximum atomic E-state index is 12.4. The molecule has 2 aromatic rings. The Bertz CT molecular complexity index is 726. The average Bonchev–Trinajstić information content (AvgIpc) is 2.90. The van der Waals surface area contributed by atoms with Crippen LogP contribution in [0.15, 0.2) is 48.5 Å². The van der Waals surface area contributed by atoms with Crippen LogP contribution in [-0.4, -0.2) is 17.9 Å². The fourth-order valence-corrected chi connectivity index (χ4v) is 3.54. The molecule has 1 N–H and O–H groups in total. The molecule has 1 amide bonds. The lowest BCUT2D eigenvalue weighted by Crippen LogP contribution is -2.51. The highest BCUT2D eigenvalue weighted by molar-refractivity contribution is 5.82. The van der Waals surface area contributed by atoms with Crippen molar-refractivity contribution in [2.75, 3.05) is 12.4 Å². The molecule has 4 heteroatoms. The van der Waals surface area contributed by atoms with E-state index in [1.54, 1.807) is 7.11 Å². The van der Waals surface area contributed by atoms with Crippen LogP contribution >= 0.6 is 0 Å². The van der Waals surface area contributed by atoms with Crippen LogP contribution in [0.4, 0.5) is 5.69 Å². The van der Waals surface area contributed by atoms with Gasteiger partial charge in [-0.25, -0.2) is 0 Å². The summed E-state index contributed by atoms with van der Waals surface area (Å²) in [5.41, 5.74) is 2.96. The van der Waals surface area contributed by atoms with Crippen molar-refractivity contribution in [3.8, 4) is 5.75 Å². The highest BCUT2D eigenvalue weighted by Gasteiger charge is 2.49. The number of benzene rings is 2. The lowest BCUT2D eigenvalue weighted by Gasteiger charge is -2.44. The van der Waals surface area contributed by atoms with Crippen molar-refractivity contribution in [3.05, 3.63) is 59.7 Å². The van der Waals surface area contributed by atoms with E-state index in [1.807, 2.05) is 41.3 Å². The van der Waals surface area contributed by atoms with E-state index in [0.29, 0.717) is 13.0 Å². The molecule has 0 radical (unpaired) electrons. The van der Waals surface area contributed by atoms with Crippen LogP contribution in [0.25, 0.3) is 0 Å². The summed E-state index contributed by atoms with van der Waals surface area (Å²) in [6.07, 6.45) is 1.36. The molecule has 4 rings (SSSR count). The molecule has 0 aromatic heterocycles. The van der Waals surface area contributed by atoms with Gasteiger partial charge in [-0.15, -0.1) is 0 Å². The molecule has 1 atom stereocenters. The first-order valence-electron chi connectivity index (χ1n) is 7.54. The lowest BCUT2D eigenvalue weighted by molar-refractivity contribution is -0.131. The van der Waals surface area contributed by atoms with Crippen molar-refractivity contribution < 1.29 is 9.53 Å². The number of para-hydroxylation sites is 1. The zero-order valence-corrected chi connectivity index (χ0v) is 12.5. The first-order valence-corrected chi connectivity index (χ1v) is 7.54. The van der Waals surface area contributed by atoms with E-state index in [0.717, 1.165) is 23.4 Å². The zero-order valence-electron chi connectivity index (χ0n) is 12.5. The molecule has 4 nitrogen and oxygen atoms in total. The summed E-state index contributed by atoms with van der Waals surface area (Å²) >= 11 is 0. The molecule has 2 aliphatic heterocycles. The molecule has 1 unspecified atom stereocenters. The van der Waals surface area contributed by atoms with Gasteiger partial charge in [0.1, 0.15) is 11.4 Å². The quantitative estimate of drug-likeness (QED) is 0.925. The van der Waals surface area contributed by atoms with E-state index in [9.17, 15) is 4.79 Å². The molecule has 1 saturated heterocycles. The maximum Gasteiger partial charge on any atom is 0.225 e. The van der Waals surface area contributed by atoms with Crippen LogP contribution in [-0.2, 0) is 17.0 Å². The van der Waals surface area contributed by atoms with Crippen LogP contribution in [0.2, 0.25) is 0 Å². The van der Waals surface area contributed by atoms with Crippen molar-refractivity contribution in [3.63, 3.8) is 0 Å². The Kier molecular flexibility index (Phi) is 2.86. The number of carbonyl (C=O) groups excluding carboxylic acids is 1. The number of carbonyl (C=O) groups is 1. The van der Waals surface area contributed by atoms with Gasteiger partial charge >= 0.3 is 0 Å². The monoisotopic (exact) mass is 294 g/mol. The van der Waals surface area contributed by atoms with Gasteiger partial charge < -0.3 is 15.0 Å². The number of amides is 1. The number of nitrogens with one attached hydrogen (secondary N) is 1. The molecule has 2 aliphatic rings. The van der Waals surface area contributed by atoms with Crippen molar-refractivity contribution in [2.24, 2.45) is 0 Å². The van der Waals surface area contributed by atoms with Crippen LogP contribution < -0.4 is 10.1 Å². The molecule has 112 valence electrons. The minimum atomic E-state index is -0.433. The molecule has 0 spiro atoms. The molecule has 22 heavy (non-hydrogen) atoms. The molecule has 0 aliphatic carbocycles. The summed E-state index contributed by atoms with van der Waals surface area (Å²) in [6.45, 7) is 0.661. The fraction of sp³-hybridized carbons (Fsp3) is 0.278. The lowest BCUT2D eigenvalue weighted by atomic mass is 9.92. The predicted molar refractivity (Wildman–Crippen MR) is 84.5 cm³/mol. The SMILES string of the molecule is COc1ccc(C23CCC(=O)N2Cc2ccccc2N3)cc1. The van der Waals surface area contributed by atoms with Gasteiger partial charge in [0.15, 0.2) is 0 Å². The van der Waals surface area contributed by atoms with Gasteiger partial charge in [-0.2, -0.15) is 0 Å². The Morgan fingerprint density at radius 2 is 1.91 bits per heavy atom. The first-order chi connectivity index (χ1) is 10.7. The minimum Gasteiger partial charge on any atom is -0.497 e. The predicted octanol–water partition coefficient (Wildman–Crippen LogP) is 3.10. The second kappa shape index (κ2) is 4.77. The number of rotatable bonds is 2. The van der Waals surface area contributed by atoms with Gasteiger partial charge in [-0.1, -0.05) is 30.3 Å². The van der Waals surface area contributed by atoms with E-state index < -0.39 is 5.66 Å². The largest absolute Gasteiger partial charge is 0.497 e. The van der Waals surface area contributed by atoms with Crippen LogP contribution in [0.3, 0.4) is 0 Å². The number of hydrogen-bond acceptors (Lipinski definition) is 3. The highest BCUT2D eigenvalue weighted by Crippen LogP contribution is 2.45. The van der Waals surface area contributed by atoms with Gasteiger partial charge in [0, 0.05) is 18.5 Å². The Morgan fingerprint density at radius 1 is 1.14 bits per heavy atom. The fourth-order valence-electron chi connectivity index (χ4n) is 3.54.